The van der Waals surface area contributed by atoms with Crippen molar-refractivity contribution in [2.45, 2.75) is 4.90 Å². The van der Waals surface area contributed by atoms with E-state index in [9.17, 15) is 9.59 Å². The molecule has 0 aliphatic rings. The van der Waals surface area contributed by atoms with Crippen LogP contribution in [-0.4, -0.2) is 28.6 Å². The normalized spacial score (nSPS) is 10.0. The van der Waals surface area contributed by atoms with Crippen LogP contribution in [0.2, 0.25) is 0 Å². The van der Waals surface area contributed by atoms with Gasteiger partial charge in [0, 0.05) is 16.1 Å². The lowest BCUT2D eigenvalue weighted by Crippen LogP contribution is -2.11. The molecule has 7 nitrogen and oxygen atoms in total. The number of anilines is 1. The number of aromatic carboxylic acids is 1. The number of nitrogens with one attached hydrogen (secondary N) is 3. The van der Waals surface area contributed by atoms with E-state index in [2.05, 4.69) is 10.4 Å². The summed E-state index contributed by atoms with van der Waals surface area (Å²) >= 11 is 1.36. The zero-order valence-corrected chi connectivity index (χ0v) is 13.3. The Morgan fingerprint density at radius 1 is 1.04 bits per heavy atom. The molecular weight excluding hydrogens is 328 g/mol. The molecule has 0 saturated heterocycles. The van der Waals surface area contributed by atoms with Crippen LogP contribution in [0.5, 0.6) is 0 Å². The number of amides is 1. The van der Waals surface area contributed by atoms with E-state index in [0.717, 1.165) is 4.90 Å². The van der Waals surface area contributed by atoms with E-state index >= 15 is 0 Å². The molecular formula is C16H14N4O3S. The molecule has 0 aliphatic carbocycles. The van der Waals surface area contributed by atoms with Gasteiger partial charge >= 0.3 is 5.97 Å². The Morgan fingerprint density at radius 2 is 1.62 bits per heavy atom. The molecule has 122 valence electrons. The summed E-state index contributed by atoms with van der Waals surface area (Å²) in [5.74, 6) is -1.05. The Bertz CT molecular complexity index is 773. The van der Waals surface area contributed by atoms with Gasteiger partial charge in [-0.15, -0.1) is 16.9 Å². The maximum absolute atomic E-state index is 12.1. The van der Waals surface area contributed by atoms with Crippen LogP contribution in [0.1, 0.15) is 20.7 Å². The highest BCUT2D eigenvalue weighted by Crippen LogP contribution is 2.19. The second-order valence-corrected chi connectivity index (χ2v) is 5.76. The number of carbonyl (C=O) groups excluding carboxylic acids is 1. The van der Waals surface area contributed by atoms with Gasteiger partial charge in [0.2, 0.25) is 0 Å². The SMILES string of the molecule is N=NC(=N)CSc1ccc(C(=O)Nc2ccc(C(=O)O)cc2)cc1. The third-order valence-electron chi connectivity index (χ3n) is 3.02. The Hall–Kier alpha value is -3.00. The first-order chi connectivity index (χ1) is 11.5. The molecule has 8 heteroatoms. The van der Waals surface area contributed by atoms with Crippen LogP contribution in [0.15, 0.2) is 58.5 Å². The summed E-state index contributed by atoms with van der Waals surface area (Å²) in [7, 11) is 0. The van der Waals surface area contributed by atoms with E-state index in [1.165, 1.54) is 36.0 Å². The maximum Gasteiger partial charge on any atom is 0.335 e. The number of carboxylic acids is 1. The molecule has 0 radical (unpaired) electrons. The fourth-order valence-electron chi connectivity index (χ4n) is 1.79. The molecule has 0 unspecified atom stereocenters. The van der Waals surface area contributed by atoms with Crippen molar-refractivity contribution in [3.63, 3.8) is 0 Å². The van der Waals surface area contributed by atoms with Crippen LogP contribution in [-0.2, 0) is 0 Å². The average Bonchev–Trinajstić information content (AvgIpc) is 2.60. The van der Waals surface area contributed by atoms with Crippen molar-refractivity contribution in [1.29, 1.82) is 10.9 Å². The quantitative estimate of drug-likeness (QED) is 0.276. The summed E-state index contributed by atoms with van der Waals surface area (Å²) in [6.07, 6.45) is 0. The van der Waals surface area contributed by atoms with Crippen LogP contribution in [0, 0.1) is 10.9 Å². The van der Waals surface area contributed by atoms with E-state index in [1.54, 1.807) is 24.3 Å². The number of carboxylic acid groups (broad SMARTS) is 1. The van der Waals surface area contributed by atoms with Gasteiger partial charge in [-0.3, -0.25) is 10.2 Å². The molecule has 0 saturated carbocycles. The molecule has 24 heavy (non-hydrogen) atoms. The molecule has 1 amide bonds. The van der Waals surface area contributed by atoms with Crippen molar-refractivity contribution in [3.8, 4) is 0 Å². The second kappa shape index (κ2) is 8.02. The number of carbonyl (C=O) groups is 2. The smallest absolute Gasteiger partial charge is 0.335 e. The first-order valence-corrected chi connectivity index (χ1v) is 7.80. The van der Waals surface area contributed by atoms with Gasteiger partial charge in [0.1, 0.15) is 0 Å². The van der Waals surface area contributed by atoms with Crippen molar-refractivity contribution >= 4 is 35.2 Å². The Kier molecular flexibility index (Phi) is 5.80. The predicted octanol–water partition coefficient (Wildman–Crippen LogP) is 3.74. The van der Waals surface area contributed by atoms with Crippen LogP contribution < -0.4 is 5.32 Å². The fraction of sp³-hybridized carbons (Fsp3) is 0.0625. The number of amidine groups is 1. The molecule has 0 atom stereocenters. The summed E-state index contributed by atoms with van der Waals surface area (Å²) in [6.45, 7) is 0. The summed E-state index contributed by atoms with van der Waals surface area (Å²) in [4.78, 5) is 23.8. The number of hydrogen-bond acceptors (Lipinski definition) is 5. The van der Waals surface area contributed by atoms with E-state index in [4.69, 9.17) is 16.0 Å². The Labute approximate surface area is 142 Å². The third kappa shape index (κ3) is 4.75. The van der Waals surface area contributed by atoms with Crippen LogP contribution in [0.25, 0.3) is 0 Å². The number of nitrogens with zero attached hydrogens (tertiary/aromatic N) is 1. The van der Waals surface area contributed by atoms with Crippen LogP contribution >= 0.6 is 11.8 Å². The second-order valence-electron chi connectivity index (χ2n) is 4.71. The van der Waals surface area contributed by atoms with Gasteiger partial charge in [0.25, 0.3) is 5.91 Å². The van der Waals surface area contributed by atoms with Crippen molar-refractivity contribution < 1.29 is 14.7 Å². The van der Waals surface area contributed by atoms with Crippen LogP contribution in [0.3, 0.4) is 0 Å². The molecule has 0 heterocycles. The minimum Gasteiger partial charge on any atom is -0.478 e. The van der Waals surface area contributed by atoms with E-state index in [-0.39, 0.29) is 17.3 Å². The van der Waals surface area contributed by atoms with E-state index < -0.39 is 5.97 Å². The lowest BCUT2D eigenvalue weighted by molar-refractivity contribution is 0.0696. The van der Waals surface area contributed by atoms with Gasteiger partial charge in [0.05, 0.1) is 11.3 Å². The molecule has 2 aromatic carbocycles. The third-order valence-corrected chi connectivity index (χ3v) is 4.04. The first kappa shape index (κ1) is 17.4. The topological polar surface area (TPSA) is 126 Å². The predicted molar refractivity (Wildman–Crippen MR) is 91.4 cm³/mol. The van der Waals surface area contributed by atoms with Gasteiger partial charge in [-0.05, 0) is 48.5 Å². The zero-order chi connectivity index (χ0) is 17.5. The summed E-state index contributed by atoms with van der Waals surface area (Å²) < 4.78 is 0. The first-order valence-electron chi connectivity index (χ1n) is 6.82. The summed E-state index contributed by atoms with van der Waals surface area (Å²) in [5, 5.41) is 21.8. The van der Waals surface area contributed by atoms with Crippen molar-refractivity contribution in [2.24, 2.45) is 5.11 Å². The molecule has 0 aromatic heterocycles. The fourth-order valence-corrected chi connectivity index (χ4v) is 2.48. The molecule has 2 rings (SSSR count). The van der Waals surface area contributed by atoms with Gasteiger partial charge in [-0.25, -0.2) is 10.3 Å². The van der Waals surface area contributed by atoms with E-state index in [1.807, 2.05) is 0 Å². The number of hydrogen-bond donors (Lipinski definition) is 4. The maximum atomic E-state index is 12.1. The molecule has 0 fully saturated rings. The highest BCUT2D eigenvalue weighted by molar-refractivity contribution is 8.00. The van der Waals surface area contributed by atoms with Crippen molar-refractivity contribution in [1.82, 2.24) is 0 Å². The average molecular weight is 342 g/mol. The largest absolute Gasteiger partial charge is 0.478 e. The molecule has 4 N–H and O–H groups in total. The Balaban J connectivity index is 1.98. The van der Waals surface area contributed by atoms with Crippen molar-refractivity contribution in [2.75, 3.05) is 11.1 Å². The van der Waals surface area contributed by atoms with Crippen molar-refractivity contribution in [3.05, 3.63) is 59.7 Å². The van der Waals surface area contributed by atoms with E-state index in [0.29, 0.717) is 17.0 Å². The summed E-state index contributed by atoms with van der Waals surface area (Å²) in [5.41, 5.74) is 7.83. The molecule has 0 bridgehead atoms. The lowest BCUT2D eigenvalue weighted by atomic mass is 10.2. The number of rotatable bonds is 6. The minimum atomic E-state index is -1.02. The summed E-state index contributed by atoms with van der Waals surface area (Å²) in [6, 6.07) is 12.7. The number of thioether (sulfide) groups is 1. The van der Waals surface area contributed by atoms with Gasteiger partial charge < -0.3 is 10.4 Å². The molecule has 2 aromatic rings. The lowest BCUT2D eigenvalue weighted by Gasteiger charge is -2.06. The van der Waals surface area contributed by atoms with Gasteiger partial charge in [0.15, 0.2) is 5.84 Å². The Morgan fingerprint density at radius 3 is 2.17 bits per heavy atom. The molecule has 0 spiro atoms. The highest BCUT2D eigenvalue weighted by atomic mass is 32.2. The van der Waals surface area contributed by atoms with Gasteiger partial charge in [-0.2, -0.15) is 0 Å². The monoisotopic (exact) mass is 342 g/mol. The van der Waals surface area contributed by atoms with Gasteiger partial charge in [-0.1, -0.05) is 0 Å². The zero-order valence-electron chi connectivity index (χ0n) is 12.4. The minimum absolute atomic E-state index is 0.0216. The standard InChI is InChI=1S/C16H14N4O3S/c17-14(20-18)9-24-13-7-3-10(4-8-13)15(21)19-12-5-1-11(2-6-12)16(22)23/h1-8,17-18H,9H2,(H,19,21)(H,22,23). The number of benzene rings is 2. The van der Waals surface area contributed by atoms with Crippen LogP contribution in [0.4, 0.5) is 5.69 Å². The molecule has 0 aliphatic heterocycles. The highest BCUT2D eigenvalue weighted by Gasteiger charge is 2.08.